The third kappa shape index (κ3) is 2.47. The van der Waals surface area contributed by atoms with Crippen LogP contribution in [0.4, 0.5) is 8.78 Å². The van der Waals surface area contributed by atoms with E-state index in [9.17, 15) is 9.18 Å². The van der Waals surface area contributed by atoms with Crippen molar-refractivity contribution in [1.82, 2.24) is 30.1 Å². The van der Waals surface area contributed by atoms with Crippen molar-refractivity contribution in [3.8, 4) is 11.5 Å². The molecule has 0 aliphatic rings. The van der Waals surface area contributed by atoms with Gasteiger partial charge in [0.1, 0.15) is 17.2 Å². The topological polar surface area (TPSA) is 113 Å². The normalized spacial score (nSPS) is 13.9. The molecule has 0 fully saturated rings. The summed E-state index contributed by atoms with van der Waals surface area (Å²) < 4.78 is 33.5. The Labute approximate surface area is 138 Å². The summed E-state index contributed by atoms with van der Waals surface area (Å²) in [6.45, 7) is 1.17. The summed E-state index contributed by atoms with van der Waals surface area (Å²) in [5.41, 5.74) is -1.55. The van der Waals surface area contributed by atoms with Crippen LogP contribution >= 0.6 is 0 Å². The predicted molar refractivity (Wildman–Crippen MR) is 81.8 cm³/mol. The smallest absolute Gasteiger partial charge is 0.338 e. The fourth-order valence-corrected chi connectivity index (χ4v) is 2.44. The first-order valence-electron chi connectivity index (χ1n) is 7.17. The molecule has 10 heteroatoms. The second kappa shape index (κ2) is 5.30. The number of nitrogens with zero attached hydrogens (tertiary/aromatic N) is 4. The van der Waals surface area contributed by atoms with Gasteiger partial charge in [0.25, 0.3) is 0 Å². The van der Waals surface area contributed by atoms with Crippen LogP contribution in [0.1, 0.15) is 18.4 Å². The highest BCUT2D eigenvalue weighted by Gasteiger charge is 2.36. The molecule has 0 bridgehead atoms. The Hall–Kier alpha value is -3.43. The summed E-state index contributed by atoms with van der Waals surface area (Å²) in [7, 11) is 0. The van der Waals surface area contributed by atoms with E-state index in [0.29, 0.717) is 16.7 Å². The third-order valence-corrected chi connectivity index (χ3v) is 3.70. The molecule has 4 aromatic rings. The van der Waals surface area contributed by atoms with E-state index in [1.165, 1.54) is 31.5 Å². The lowest BCUT2D eigenvalue weighted by Crippen LogP contribution is -2.22. The first-order valence-corrected chi connectivity index (χ1v) is 7.17. The van der Waals surface area contributed by atoms with Crippen molar-refractivity contribution < 1.29 is 13.3 Å². The molecule has 1 unspecified atom stereocenters. The minimum absolute atomic E-state index is 0.118. The van der Waals surface area contributed by atoms with E-state index < -0.39 is 17.2 Å². The number of pyridine rings is 2. The monoisotopic (exact) mass is 344 g/mol. The lowest BCUT2D eigenvalue weighted by molar-refractivity contribution is 0.222. The number of alkyl halides is 1. The number of nitrogens with one attached hydrogen (secondary N) is 2. The van der Waals surface area contributed by atoms with Gasteiger partial charge in [0.2, 0.25) is 11.5 Å². The third-order valence-electron chi connectivity index (χ3n) is 3.70. The zero-order valence-corrected chi connectivity index (χ0v) is 12.7. The largest absolute Gasteiger partial charge is 0.439 e. The highest BCUT2D eigenvalue weighted by molar-refractivity contribution is 5.78. The molecule has 0 saturated carbocycles. The van der Waals surface area contributed by atoms with Gasteiger partial charge in [0, 0.05) is 6.20 Å². The molecule has 126 valence electrons. The predicted octanol–water partition coefficient (Wildman–Crippen LogP) is 2.07. The molecule has 0 radical (unpaired) electrons. The van der Waals surface area contributed by atoms with Crippen LogP contribution in [0.2, 0.25) is 0 Å². The molecule has 4 heterocycles. The molecule has 2 N–H and O–H groups in total. The minimum atomic E-state index is -2.27. The molecule has 0 spiro atoms. The first-order chi connectivity index (χ1) is 11.9. The van der Waals surface area contributed by atoms with Gasteiger partial charge in [-0.05, 0) is 25.1 Å². The average Bonchev–Trinajstić information content (AvgIpc) is 3.20. The maximum atomic E-state index is 15.2. The van der Waals surface area contributed by atoms with Crippen molar-refractivity contribution >= 4 is 11.0 Å². The number of aromatic amines is 2. The minimum Gasteiger partial charge on any atom is -0.338 e. The van der Waals surface area contributed by atoms with Gasteiger partial charge in [-0.3, -0.25) is 19.5 Å². The molecule has 4 rings (SSSR count). The number of hydrogen-bond acceptors (Lipinski definition) is 6. The maximum absolute atomic E-state index is 15.2. The second-order valence-electron chi connectivity index (χ2n) is 5.45. The van der Waals surface area contributed by atoms with E-state index in [1.54, 1.807) is 0 Å². The highest BCUT2D eigenvalue weighted by atomic mass is 19.1. The van der Waals surface area contributed by atoms with Crippen LogP contribution in [-0.2, 0) is 5.67 Å². The molecular formula is C15H10F2N6O2. The molecule has 25 heavy (non-hydrogen) atoms. The van der Waals surface area contributed by atoms with Crippen LogP contribution in [-0.4, -0.2) is 30.1 Å². The average molecular weight is 344 g/mol. The maximum Gasteiger partial charge on any atom is 0.439 e. The Balaban J connectivity index is 1.81. The molecule has 0 aliphatic heterocycles. The Morgan fingerprint density at radius 1 is 1.28 bits per heavy atom. The van der Waals surface area contributed by atoms with Crippen LogP contribution in [0.25, 0.3) is 22.6 Å². The lowest BCUT2D eigenvalue weighted by atomic mass is 10.0. The van der Waals surface area contributed by atoms with E-state index in [2.05, 4.69) is 34.6 Å². The fraction of sp³-hybridized carbons (Fsp3) is 0.133. The van der Waals surface area contributed by atoms with Crippen LogP contribution in [0.15, 0.2) is 39.9 Å². The molecule has 4 aromatic heterocycles. The number of halogens is 2. The van der Waals surface area contributed by atoms with Gasteiger partial charge >= 0.3 is 5.76 Å². The van der Waals surface area contributed by atoms with E-state index in [4.69, 9.17) is 0 Å². The van der Waals surface area contributed by atoms with Crippen molar-refractivity contribution in [3.63, 3.8) is 0 Å². The van der Waals surface area contributed by atoms with Gasteiger partial charge < -0.3 is 4.98 Å². The van der Waals surface area contributed by atoms with Crippen molar-refractivity contribution in [2.24, 2.45) is 0 Å². The summed E-state index contributed by atoms with van der Waals surface area (Å²) in [4.78, 5) is 28.2. The van der Waals surface area contributed by atoms with Crippen LogP contribution < -0.4 is 5.76 Å². The first kappa shape index (κ1) is 15.1. The number of aromatic nitrogens is 6. The van der Waals surface area contributed by atoms with Crippen LogP contribution in [0, 0.1) is 5.82 Å². The molecule has 8 nitrogen and oxygen atoms in total. The van der Waals surface area contributed by atoms with Crippen molar-refractivity contribution in [3.05, 3.63) is 58.5 Å². The summed E-state index contributed by atoms with van der Waals surface area (Å²) in [5, 5.41) is 3.53. The van der Waals surface area contributed by atoms with E-state index >= 15 is 4.39 Å². The SMILES string of the molecule is CC(F)(c1nc2cc(-c3noc(=O)[nH]3)ncc2[nH]1)c1ncccc1F. The standard InChI is InChI=1S/C15H10F2N6O2/c1-15(17,11-7(16)3-2-4-18-11)13-20-8-5-9(19-6-10(8)21-13)12-22-14(24)25-23-12/h2-6H,1H3,(H,20,21)(H,22,23,24). The van der Waals surface area contributed by atoms with Crippen molar-refractivity contribution in [1.29, 1.82) is 0 Å². The number of fused-ring (bicyclic) bond motifs is 1. The van der Waals surface area contributed by atoms with E-state index in [0.717, 1.165) is 6.07 Å². The van der Waals surface area contributed by atoms with Gasteiger partial charge in [-0.25, -0.2) is 18.6 Å². The quantitative estimate of drug-likeness (QED) is 0.588. The Morgan fingerprint density at radius 3 is 2.84 bits per heavy atom. The van der Waals surface area contributed by atoms with Crippen LogP contribution in [0.5, 0.6) is 0 Å². The molecular weight excluding hydrogens is 334 g/mol. The highest BCUT2D eigenvalue weighted by Crippen LogP contribution is 2.33. The number of hydrogen-bond donors (Lipinski definition) is 2. The fourth-order valence-electron chi connectivity index (χ4n) is 2.44. The zero-order chi connectivity index (χ0) is 17.6. The van der Waals surface area contributed by atoms with Gasteiger partial charge in [-0.2, -0.15) is 0 Å². The summed E-state index contributed by atoms with van der Waals surface area (Å²) >= 11 is 0. The summed E-state index contributed by atoms with van der Waals surface area (Å²) in [6.07, 6.45) is 2.71. The van der Waals surface area contributed by atoms with Gasteiger partial charge in [0.05, 0.1) is 17.2 Å². The van der Waals surface area contributed by atoms with Crippen LogP contribution in [0.3, 0.4) is 0 Å². The Morgan fingerprint density at radius 2 is 2.12 bits per heavy atom. The van der Waals surface area contributed by atoms with Gasteiger partial charge in [-0.15, -0.1) is 0 Å². The number of H-pyrrole nitrogens is 2. The van der Waals surface area contributed by atoms with Gasteiger partial charge in [-0.1, -0.05) is 5.16 Å². The molecule has 0 saturated heterocycles. The Kier molecular flexibility index (Phi) is 3.20. The van der Waals surface area contributed by atoms with E-state index in [1.807, 2.05) is 0 Å². The molecule has 0 amide bonds. The summed E-state index contributed by atoms with van der Waals surface area (Å²) in [5.74, 6) is -1.49. The molecule has 0 aromatic carbocycles. The Bertz CT molecular complexity index is 1130. The molecule has 0 aliphatic carbocycles. The van der Waals surface area contributed by atoms with Crippen molar-refractivity contribution in [2.45, 2.75) is 12.6 Å². The number of rotatable bonds is 3. The van der Waals surface area contributed by atoms with Crippen molar-refractivity contribution in [2.75, 3.05) is 0 Å². The zero-order valence-electron chi connectivity index (χ0n) is 12.7. The lowest BCUT2D eigenvalue weighted by Gasteiger charge is -2.17. The van der Waals surface area contributed by atoms with Gasteiger partial charge in [0.15, 0.2) is 5.82 Å². The number of imidazole rings is 1. The second-order valence-corrected chi connectivity index (χ2v) is 5.45. The van der Waals surface area contributed by atoms with E-state index in [-0.39, 0.29) is 17.3 Å². The molecule has 1 atom stereocenters. The summed E-state index contributed by atoms with van der Waals surface area (Å²) in [6, 6.07) is 4.00.